The molecule has 1 aliphatic heterocycles. The number of rotatable bonds is 6. The van der Waals surface area contributed by atoms with E-state index in [1.54, 1.807) is 31.2 Å². The molecule has 0 fully saturated rings. The molecular weight excluding hydrogens is 410 g/mol. The number of amides is 2. The van der Waals surface area contributed by atoms with Crippen molar-refractivity contribution < 1.29 is 9.59 Å². The normalized spacial score (nSPS) is 17.7. The monoisotopic (exact) mass is 429 g/mol. The molecule has 0 bridgehead atoms. The molecule has 2 heterocycles. The number of anilines is 1. The van der Waals surface area contributed by atoms with Crippen LogP contribution in [0.15, 0.2) is 71.1 Å². The highest BCUT2D eigenvalue weighted by Crippen LogP contribution is 2.39. The molecule has 0 spiro atoms. The molecule has 2 N–H and O–H groups in total. The number of carbonyl (C=O) groups is 2. The van der Waals surface area contributed by atoms with Crippen LogP contribution >= 0.6 is 11.3 Å². The van der Waals surface area contributed by atoms with Gasteiger partial charge in [0.05, 0.1) is 17.7 Å². The lowest BCUT2D eigenvalue weighted by Gasteiger charge is -2.25. The Hall–Kier alpha value is -3.83. The first-order chi connectivity index (χ1) is 15.0. The van der Waals surface area contributed by atoms with Crippen molar-refractivity contribution in [3.05, 3.63) is 71.6 Å². The molecule has 31 heavy (non-hydrogen) atoms. The van der Waals surface area contributed by atoms with Crippen molar-refractivity contribution in [1.82, 2.24) is 4.98 Å². The van der Waals surface area contributed by atoms with Gasteiger partial charge >= 0.3 is 0 Å². The van der Waals surface area contributed by atoms with Crippen LogP contribution in [0.5, 0.6) is 0 Å². The molecule has 2 aromatic carbocycles. The second-order valence-corrected chi connectivity index (χ2v) is 8.03. The van der Waals surface area contributed by atoms with Crippen LogP contribution in [0.4, 0.5) is 5.13 Å². The summed E-state index contributed by atoms with van der Waals surface area (Å²) in [5.74, 6) is -3.79. The van der Waals surface area contributed by atoms with Crippen LogP contribution in [0, 0.1) is 23.2 Å². The fraction of sp³-hybridized carbons (Fsp3) is 0.174. The number of hydrogen-bond acceptors (Lipinski definition) is 6. The molecule has 1 aromatic heterocycles. The number of nitrogens with zero attached hydrogens (tertiary/aromatic N) is 4. The van der Waals surface area contributed by atoms with E-state index < -0.39 is 23.7 Å². The van der Waals surface area contributed by atoms with Gasteiger partial charge in [-0.15, -0.1) is 11.3 Å². The maximum Gasteiger partial charge on any atom is 0.259 e. The minimum absolute atomic E-state index is 0.332. The van der Waals surface area contributed by atoms with E-state index in [9.17, 15) is 14.9 Å². The molecule has 0 aliphatic carbocycles. The number of primary amides is 1. The van der Waals surface area contributed by atoms with Crippen molar-refractivity contribution in [2.45, 2.75) is 12.8 Å². The van der Waals surface area contributed by atoms with E-state index >= 15 is 0 Å². The summed E-state index contributed by atoms with van der Waals surface area (Å²) in [6, 6.07) is 20.6. The van der Waals surface area contributed by atoms with E-state index in [-0.39, 0.29) is 5.91 Å². The predicted molar refractivity (Wildman–Crippen MR) is 119 cm³/mol. The summed E-state index contributed by atoms with van der Waals surface area (Å²) in [6.45, 7) is 1.72. The molecule has 3 atom stereocenters. The number of hydrogen-bond donors (Lipinski definition) is 1. The molecule has 1 aliphatic rings. The number of thiazole rings is 1. The first-order valence-corrected chi connectivity index (χ1v) is 10.5. The van der Waals surface area contributed by atoms with Gasteiger partial charge in [-0.3, -0.25) is 9.59 Å². The zero-order chi connectivity index (χ0) is 22.0. The first kappa shape index (κ1) is 20.4. The summed E-state index contributed by atoms with van der Waals surface area (Å²) >= 11 is 1.31. The lowest BCUT2D eigenvalue weighted by molar-refractivity contribution is -0.123. The average Bonchev–Trinajstić information content (AvgIpc) is 3.38. The van der Waals surface area contributed by atoms with Gasteiger partial charge in [0.2, 0.25) is 11.0 Å². The van der Waals surface area contributed by atoms with Gasteiger partial charge in [-0.1, -0.05) is 60.7 Å². The quantitative estimate of drug-likeness (QED) is 0.645. The van der Waals surface area contributed by atoms with Gasteiger partial charge < -0.3 is 5.73 Å². The van der Waals surface area contributed by atoms with E-state index in [2.05, 4.69) is 10.1 Å². The highest BCUT2D eigenvalue weighted by molar-refractivity contribution is 7.14. The van der Waals surface area contributed by atoms with Crippen molar-refractivity contribution >= 4 is 34.0 Å². The maximum absolute atomic E-state index is 13.4. The summed E-state index contributed by atoms with van der Waals surface area (Å²) in [4.78, 5) is 30.1. The third kappa shape index (κ3) is 3.83. The largest absolute Gasteiger partial charge is 0.369 e. The van der Waals surface area contributed by atoms with Gasteiger partial charge in [-0.05, 0) is 12.5 Å². The Morgan fingerprint density at radius 1 is 1.16 bits per heavy atom. The predicted octanol–water partition coefficient (Wildman–Crippen LogP) is 3.56. The topological polar surface area (TPSA) is 112 Å². The van der Waals surface area contributed by atoms with E-state index in [0.29, 0.717) is 16.4 Å². The van der Waals surface area contributed by atoms with Crippen LogP contribution in [-0.4, -0.2) is 22.5 Å². The number of nitriles is 1. The fourth-order valence-corrected chi connectivity index (χ4v) is 4.59. The van der Waals surface area contributed by atoms with Crippen LogP contribution < -0.4 is 10.7 Å². The average molecular weight is 430 g/mol. The molecule has 154 valence electrons. The standard InChI is InChI=1S/C23H19N5O2S/c1-14-19(20(17(12-24)21(25)29)16-10-6-3-7-11-16)22(30)28(27-14)23-26-18(13-31-23)15-8-4-2-5-9-15/h2-11,13,17,19-20H,1H3,(H2,25,29)/t17-,19-,20+/m1/s1. The highest BCUT2D eigenvalue weighted by Gasteiger charge is 2.46. The van der Waals surface area contributed by atoms with Gasteiger partial charge in [0, 0.05) is 22.6 Å². The van der Waals surface area contributed by atoms with Crippen LogP contribution in [0.2, 0.25) is 0 Å². The summed E-state index contributed by atoms with van der Waals surface area (Å²) < 4.78 is 0. The molecule has 0 unspecified atom stereocenters. The fourth-order valence-electron chi connectivity index (χ4n) is 3.81. The molecule has 7 nitrogen and oxygen atoms in total. The molecule has 0 saturated heterocycles. The Kier molecular flexibility index (Phi) is 5.60. The number of benzene rings is 2. The molecule has 3 aromatic rings. The third-order valence-corrected chi connectivity index (χ3v) is 6.09. The van der Waals surface area contributed by atoms with Crippen molar-refractivity contribution in [2.75, 3.05) is 5.01 Å². The molecule has 4 rings (SSSR count). The van der Waals surface area contributed by atoms with E-state index in [1.165, 1.54) is 16.3 Å². The molecule has 0 radical (unpaired) electrons. The Bertz CT molecular complexity index is 1180. The maximum atomic E-state index is 13.4. The summed E-state index contributed by atoms with van der Waals surface area (Å²) in [7, 11) is 0. The number of hydrazone groups is 1. The number of carbonyl (C=O) groups excluding carboxylic acids is 2. The SMILES string of the molecule is CC1=NN(c2nc(-c3ccccc3)cs2)C(=O)[C@H]1[C@@H](c1ccccc1)[C@@H](C#N)C(N)=O. The van der Waals surface area contributed by atoms with Gasteiger partial charge in [-0.2, -0.15) is 15.4 Å². The van der Waals surface area contributed by atoms with Crippen LogP contribution in [0.3, 0.4) is 0 Å². The van der Waals surface area contributed by atoms with Crippen molar-refractivity contribution in [1.29, 1.82) is 5.26 Å². The van der Waals surface area contributed by atoms with E-state index in [1.807, 2.05) is 47.8 Å². The molecule has 8 heteroatoms. The molecule has 0 saturated carbocycles. The molecular formula is C23H19N5O2S. The summed E-state index contributed by atoms with van der Waals surface area (Å²) in [5, 5.41) is 17.7. The van der Waals surface area contributed by atoms with Crippen LogP contribution in [-0.2, 0) is 9.59 Å². The van der Waals surface area contributed by atoms with Crippen LogP contribution in [0.25, 0.3) is 11.3 Å². The Morgan fingerprint density at radius 3 is 2.42 bits per heavy atom. The minimum Gasteiger partial charge on any atom is -0.369 e. The lowest BCUT2D eigenvalue weighted by atomic mass is 9.75. The van der Waals surface area contributed by atoms with Gasteiger partial charge in [0.15, 0.2) is 0 Å². The first-order valence-electron chi connectivity index (χ1n) is 9.65. The second kappa shape index (κ2) is 8.50. The van der Waals surface area contributed by atoms with Gasteiger partial charge in [-0.25, -0.2) is 4.98 Å². The Labute approximate surface area is 183 Å². The number of aromatic nitrogens is 1. The van der Waals surface area contributed by atoms with Crippen molar-refractivity contribution in [3.8, 4) is 17.3 Å². The number of nitrogens with two attached hydrogens (primary N) is 1. The van der Waals surface area contributed by atoms with E-state index in [0.717, 1.165) is 11.3 Å². The van der Waals surface area contributed by atoms with Gasteiger partial charge in [0.25, 0.3) is 5.91 Å². The highest BCUT2D eigenvalue weighted by atomic mass is 32.1. The minimum atomic E-state index is -1.17. The van der Waals surface area contributed by atoms with Crippen molar-refractivity contribution in [3.63, 3.8) is 0 Å². The third-order valence-electron chi connectivity index (χ3n) is 5.27. The van der Waals surface area contributed by atoms with Crippen molar-refractivity contribution in [2.24, 2.45) is 22.7 Å². The Balaban J connectivity index is 1.70. The second-order valence-electron chi connectivity index (χ2n) is 7.20. The Morgan fingerprint density at radius 2 is 1.81 bits per heavy atom. The lowest BCUT2D eigenvalue weighted by Crippen LogP contribution is -2.38. The summed E-state index contributed by atoms with van der Waals surface area (Å²) in [5.41, 5.74) is 8.40. The zero-order valence-electron chi connectivity index (χ0n) is 16.7. The smallest absolute Gasteiger partial charge is 0.259 e. The van der Waals surface area contributed by atoms with Gasteiger partial charge in [0.1, 0.15) is 5.92 Å². The van der Waals surface area contributed by atoms with Crippen LogP contribution in [0.1, 0.15) is 18.4 Å². The zero-order valence-corrected chi connectivity index (χ0v) is 17.5. The van der Waals surface area contributed by atoms with E-state index in [4.69, 9.17) is 5.73 Å². The molecule has 2 amide bonds. The summed E-state index contributed by atoms with van der Waals surface area (Å²) in [6.07, 6.45) is 0.